The zero-order chi connectivity index (χ0) is 95.4. The third kappa shape index (κ3) is 38.7. The van der Waals surface area contributed by atoms with E-state index >= 15 is 4.39 Å². The van der Waals surface area contributed by atoms with Gasteiger partial charge in [0.1, 0.15) is 74.3 Å². The molecule has 13 atom stereocenters. The highest BCUT2D eigenvalue weighted by Crippen LogP contribution is 2.59. The van der Waals surface area contributed by atoms with Crippen LogP contribution in [0.1, 0.15) is 284 Å². The van der Waals surface area contributed by atoms with Crippen molar-refractivity contribution in [2.24, 2.45) is 5.92 Å². The molecule has 8 rings (SSSR count). The molecule has 3 fully saturated rings. The number of halogens is 1. The number of phosphoric ester groups is 1. The van der Waals surface area contributed by atoms with Gasteiger partial charge in [-0.2, -0.15) is 0 Å². The Bertz CT molecular complexity index is 4630. The Morgan fingerprint density at radius 3 is 1.86 bits per heavy atom. The number of fused-ring (bicyclic) bond motifs is 5. The van der Waals surface area contributed by atoms with Crippen LogP contribution in [-0.2, 0) is 105 Å². The largest absolute Gasteiger partial charge is 0.472 e. The van der Waals surface area contributed by atoms with Crippen molar-refractivity contribution in [2.75, 3.05) is 77.1 Å². The molecule has 6 amide bonds. The molecule has 132 heavy (non-hydrogen) atoms. The van der Waals surface area contributed by atoms with Gasteiger partial charge in [0.2, 0.25) is 23.6 Å². The number of carbonyl (C=O) groups excluding carboxylic acids is 8. The third-order valence-corrected chi connectivity index (χ3v) is 26.7. The molecular formula is C88H139FN13O26P3S. The van der Waals surface area contributed by atoms with Crippen molar-refractivity contribution < 1.29 is 122 Å². The van der Waals surface area contributed by atoms with E-state index < -0.39 is 180 Å². The Morgan fingerprint density at radius 1 is 0.652 bits per heavy atom. The van der Waals surface area contributed by atoms with Crippen LogP contribution in [-0.4, -0.2) is 212 Å². The first-order chi connectivity index (χ1) is 63.3. The summed E-state index contributed by atoms with van der Waals surface area (Å²) in [6, 6.07) is 4.18. The van der Waals surface area contributed by atoms with Crippen molar-refractivity contribution in [3.63, 3.8) is 0 Å². The smallest absolute Gasteiger partial charge is 0.462 e. The fourth-order valence-corrected chi connectivity index (χ4v) is 18.8. The molecule has 7 heterocycles. The molecule has 0 spiro atoms. The van der Waals surface area contributed by atoms with Crippen LogP contribution in [0, 0.1) is 11.7 Å². The van der Waals surface area contributed by atoms with E-state index in [1.807, 2.05) is 0 Å². The number of hydrogen-bond acceptors (Lipinski definition) is 29. The normalized spacial score (nSPS) is 20.9. The van der Waals surface area contributed by atoms with E-state index in [1.54, 1.807) is 38.1 Å². The number of nitrogens with one attached hydrogen (secondary N) is 6. The van der Waals surface area contributed by atoms with Crippen LogP contribution in [0.15, 0.2) is 54.2 Å². The number of ether oxygens (including phenoxy) is 6. The number of esters is 2. The van der Waals surface area contributed by atoms with Gasteiger partial charge in [-0.3, -0.25) is 66.1 Å². The molecule has 1 aromatic carbocycles. The number of aromatic amines is 1. The van der Waals surface area contributed by atoms with E-state index in [2.05, 4.69) is 77.6 Å². The molecule has 5 aromatic rings. The first-order valence-corrected chi connectivity index (χ1v) is 53.0. The molecule has 3 aliphatic heterocycles. The summed E-state index contributed by atoms with van der Waals surface area (Å²) in [4.78, 5) is 148. The number of anilines is 2. The van der Waals surface area contributed by atoms with Crippen LogP contribution in [0.4, 0.5) is 25.5 Å². The lowest BCUT2D eigenvalue weighted by molar-refractivity contribution is -0.161. The maximum atomic E-state index is 15.1. The number of carbonyl (C=O) groups is 8. The number of phosphoric acid groups is 1. The van der Waals surface area contributed by atoms with Gasteiger partial charge in [-0.05, 0) is 49.8 Å². The molecule has 0 saturated carbocycles. The van der Waals surface area contributed by atoms with Gasteiger partial charge in [0, 0.05) is 64.2 Å². The molecule has 1 unspecified atom stereocenters. The average Bonchev–Trinajstić information content (AvgIpc) is 1.60. The number of aliphatic hydroxyl groups is 1. The highest BCUT2D eigenvalue weighted by Gasteiger charge is 2.52. The van der Waals surface area contributed by atoms with Gasteiger partial charge in [-0.15, -0.1) is 0 Å². The second kappa shape index (κ2) is 57.9. The monoisotopic (exact) mass is 1940 g/mol. The molecule has 0 aliphatic carbocycles. The highest BCUT2D eigenvalue weighted by atomic mass is 32.7. The van der Waals surface area contributed by atoms with Crippen molar-refractivity contribution >= 4 is 116 Å². The first kappa shape index (κ1) is 109. The van der Waals surface area contributed by atoms with Crippen LogP contribution in [0.2, 0.25) is 0 Å². The van der Waals surface area contributed by atoms with Crippen LogP contribution >= 0.6 is 34.5 Å². The number of unbranched alkanes of at least 4 members (excludes halogenated alkanes) is 28. The summed E-state index contributed by atoms with van der Waals surface area (Å²) in [5.74, 6) is -4.75. The number of rotatable bonds is 60. The molecule has 740 valence electrons. The van der Waals surface area contributed by atoms with Crippen LogP contribution in [0.3, 0.4) is 0 Å². The predicted octanol–water partition coefficient (Wildman–Crippen LogP) is 15.7. The second-order valence-electron chi connectivity index (χ2n) is 34.3. The van der Waals surface area contributed by atoms with Crippen molar-refractivity contribution in [1.29, 1.82) is 0 Å². The SMILES string of the molecule is CCCCCCCCCCCCCCCCCC(=O)OC[C@H](COP(=O)(O)OCCNC(=O)CCCC(=O)N[C@H](C(=O)N[C@@H](C)C(=O)Nc1ccc(COC(=O)N(C)CCOC(=O)Nc2ncnc3c2ncn3[C@H]2C[C@@H]3O[P@@](C)(=O)OC[C@H]4O[C@@H](n5cc(F)c6c(=O)[nH]cnc65)[C@H](O[P@](=O)(S)OC[C@H]3O2)[C@@H]4O)cc1)C(C)C)OC(=O)CCCCCCCCCCCCCCCCC. The molecule has 44 heteroatoms. The number of thiol groups is 1. The number of benzene rings is 1. The number of amides is 6. The van der Waals surface area contributed by atoms with Gasteiger partial charge < -0.3 is 83.2 Å². The molecule has 0 radical (unpaired) electrons. The molecule has 4 aromatic heterocycles. The summed E-state index contributed by atoms with van der Waals surface area (Å²) in [5, 5.41) is 24.0. The summed E-state index contributed by atoms with van der Waals surface area (Å²) in [7, 11) is -7.41. The summed E-state index contributed by atoms with van der Waals surface area (Å²) in [6.45, 7) is 2.67. The van der Waals surface area contributed by atoms with E-state index in [0.29, 0.717) is 24.1 Å². The minimum absolute atomic E-state index is 0.0457. The minimum Gasteiger partial charge on any atom is -0.462 e. The van der Waals surface area contributed by atoms with Crippen molar-refractivity contribution in [3.8, 4) is 0 Å². The predicted molar refractivity (Wildman–Crippen MR) is 492 cm³/mol. The number of nitrogens with zero attached hydrogens (tertiary/aromatic N) is 7. The number of likely N-dealkylation sites (N-methyl/N-ethyl adjacent to an activating group) is 1. The molecular weight excluding hydrogens is 1800 g/mol. The number of imidazole rings is 1. The second-order valence-corrected chi connectivity index (χ2v) is 40.6. The van der Waals surface area contributed by atoms with Crippen LogP contribution in [0.5, 0.6) is 0 Å². The molecule has 2 bridgehead atoms. The van der Waals surface area contributed by atoms with Gasteiger partial charge in [0.25, 0.3) is 5.56 Å². The Balaban J connectivity index is 0.682. The summed E-state index contributed by atoms with van der Waals surface area (Å²) < 4.78 is 126. The van der Waals surface area contributed by atoms with Crippen molar-refractivity contribution in [1.82, 2.24) is 54.9 Å². The number of hydrogen-bond donors (Lipinski definition) is 9. The van der Waals surface area contributed by atoms with E-state index in [-0.39, 0.29) is 94.1 Å². The topological polar surface area (TPSA) is 497 Å². The highest BCUT2D eigenvalue weighted by molar-refractivity contribution is 8.44. The lowest BCUT2D eigenvalue weighted by Gasteiger charge is -2.26. The first-order valence-electron chi connectivity index (χ1n) is 46.8. The quantitative estimate of drug-likeness (QED) is 0.00574. The lowest BCUT2D eigenvalue weighted by Crippen LogP contribution is -2.53. The summed E-state index contributed by atoms with van der Waals surface area (Å²) >= 11 is 4.16. The molecule has 3 saturated heterocycles. The molecule has 39 nitrogen and oxygen atoms in total. The maximum Gasteiger partial charge on any atom is 0.472 e. The standard InChI is InChI=1S/C88H139FN13O26P3S/c1-8-10-12-14-16-18-20-22-24-26-28-30-32-34-36-41-73(105)118-54-65(124-74(106)42-37-35-33-31-29-27-25-23-21-19-17-15-13-11-9-2)55-122-130(114,115)120-49-47-90-70(103)39-38-40-71(104)98-76(61(3)4)85(110)96-62(5)83(108)97-64-45-43-63(44-46-64)53-119-88(112)100(6)48-50-117-87(111)99-80-77-82(93-58-91-80)102(60-95-77)72-51-67-68(125-72)56-123-131(116,132)128-79-78(107)69(57-121-129(7,113)127-67)126-86(79)101-52-66(89)75-81(101)92-59-94-84(75)109/h43-46,52,58-62,65,67-69,72,76,78-79,86,107H,8-42,47-51,53-57H2,1-7H3,(H,90,103)(H,96,110)(H,97,108)(H,98,104)(H,114,115)(H,116,132)(H,92,94,109)(H,91,93,99,111)/t62-,65+,67-,68+,69+,72+,76-,78+,79+,86+,129-,131+/m0/s1. The van der Waals surface area contributed by atoms with Gasteiger partial charge in [-0.1, -0.05) is 232 Å². The third-order valence-electron chi connectivity index (χ3n) is 22.9. The number of aliphatic hydroxyl groups excluding tert-OH is 1. The van der Waals surface area contributed by atoms with Crippen molar-refractivity contribution in [3.05, 3.63) is 71.2 Å². The Labute approximate surface area is 776 Å². The number of H-pyrrole nitrogens is 1. The van der Waals surface area contributed by atoms with E-state index in [4.69, 9.17) is 55.6 Å². The summed E-state index contributed by atoms with van der Waals surface area (Å²) in [6.07, 6.45) is 27.7. The zero-order valence-corrected chi connectivity index (χ0v) is 80.9. The number of aromatic nitrogens is 7. The van der Waals surface area contributed by atoms with Gasteiger partial charge >= 0.3 is 46.3 Å². The van der Waals surface area contributed by atoms with Crippen LogP contribution in [0.25, 0.3) is 22.2 Å². The van der Waals surface area contributed by atoms with Gasteiger partial charge in [-0.25, -0.2) is 43.0 Å². The Hall–Kier alpha value is -7.88. The van der Waals surface area contributed by atoms with Crippen LogP contribution < -0.4 is 32.1 Å². The van der Waals surface area contributed by atoms with E-state index in [0.717, 1.165) is 68.4 Å². The molecule has 3 aliphatic rings. The summed E-state index contributed by atoms with van der Waals surface area (Å²) in [5.41, 5.74) is 0.121. The van der Waals surface area contributed by atoms with E-state index in [9.17, 15) is 66.8 Å². The van der Waals surface area contributed by atoms with Gasteiger partial charge in [0.15, 0.2) is 40.8 Å². The zero-order valence-electron chi connectivity index (χ0n) is 77.3. The lowest BCUT2D eigenvalue weighted by atomic mass is 10.0. The minimum atomic E-state index is -4.77. The van der Waals surface area contributed by atoms with E-state index in [1.165, 1.54) is 171 Å². The fraction of sp³-hybridized carbons (Fsp3) is 0.716. The van der Waals surface area contributed by atoms with Gasteiger partial charge in [0.05, 0.1) is 51.7 Å². The molecule has 8 N–H and O–H groups in total. The maximum absolute atomic E-state index is 15.1. The Morgan fingerprint density at radius 2 is 1.24 bits per heavy atom. The van der Waals surface area contributed by atoms with Crippen molar-refractivity contribution in [2.45, 2.75) is 334 Å². The Kier molecular flexibility index (Phi) is 48.0. The fourth-order valence-electron chi connectivity index (χ4n) is 15.4. The average molecular weight is 1940 g/mol.